The summed E-state index contributed by atoms with van der Waals surface area (Å²) in [6.07, 6.45) is -28.9. The SMILES string of the molecule is OC[C@H]1O[C@H](O[C@H]2[C@@H](O)[C@H](O)[C@@H](C(O)[C@H]3O[C@H](CO)[C@@H](O)[C@H](O)[C@@H]3O)O[C@@H]2O)[C@@H](O)[C@@H](O)[C@@H]1O. The second kappa shape index (κ2) is 11.2. The van der Waals surface area contributed by atoms with E-state index in [4.69, 9.17) is 18.9 Å². The molecule has 3 rings (SSSR count). The van der Waals surface area contributed by atoms with Crippen molar-refractivity contribution in [1.82, 2.24) is 0 Å². The van der Waals surface area contributed by atoms with Crippen LogP contribution in [0, 0.1) is 0 Å². The van der Waals surface area contributed by atoms with Crippen molar-refractivity contribution >= 4 is 0 Å². The quantitative estimate of drug-likeness (QED) is 0.160. The zero-order chi connectivity index (χ0) is 25.5. The van der Waals surface area contributed by atoms with Gasteiger partial charge in [0.05, 0.1) is 13.2 Å². The highest BCUT2D eigenvalue weighted by molar-refractivity contribution is 5.01. The first-order valence-corrected chi connectivity index (χ1v) is 10.6. The molecular weight excluding hydrogens is 472 g/mol. The molecule has 0 aliphatic carbocycles. The lowest BCUT2D eigenvalue weighted by Crippen LogP contribution is -2.68. The summed E-state index contributed by atoms with van der Waals surface area (Å²) in [6.45, 7) is -1.56. The highest BCUT2D eigenvalue weighted by atomic mass is 16.7. The van der Waals surface area contributed by atoms with E-state index >= 15 is 0 Å². The zero-order valence-corrected chi connectivity index (χ0v) is 17.7. The monoisotopic (exact) mass is 504 g/mol. The molecule has 3 aliphatic rings. The average molecular weight is 504 g/mol. The molecule has 16 heteroatoms. The van der Waals surface area contributed by atoms with E-state index in [1.165, 1.54) is 0 Å². The normalized spacial score (nSPS) is 53.5. The van der Waals surface area contributed by atoms with E-state index in [1.807, 2.05) is 0 Å². The van der Waals surface area contributed by atoms with Gasteiger partial charge in [0.15, 0.2) is 12.6 Å². The van der Waals surface area contributed by atoms with Crippen LogP contribution in [0.1, 0.15) is 0 Å². The molecule has 0 amide bonds. The van der Waals surface area contributed by atoms with Crippen molar-refractivity contribution in [2.24, 2.45) is 0 Å². The molecule has 16 atom stereocenters. The molecule has 200 valence electrons. The Labute approximate surface area is 192 Å². The van der Waals surface area contributed by atoms with Gasteiger partial charge in [-0.2, -0.15) is 0 Å². The van der Waals surface area contributed by atoms with Crippen molar-refractivity contribution in [3.63, 3.8) is 0 Å². The largest absolute Gasteiger partial charge is 0.394 e. The molecule has 12 N–H and O–H groups in total. The molecule has 16 nitrogen and oxygen atoms in total. The predicted molar refractivity (Wildman–Crippen MR) is 101 cm³/mol. The van der Waals surface area contributed by atoms with E-state index in [9.17, 15) is 61.3 Å². The second-order valence-corrected chi connectivity index (χ2v) is 8.55. The van der Waals surface area contributed by atoms with Crippen molar-refractivity contribution in [1.29, 1.82) is 0 Å². The van der Waals surface area contributed by atoms with Gasteiger partial charge in [-0.05, 0) is 0 Å². The summed E-state index contributed by atoms with van der Waals surface area (Å²) < 4.78 is 20.7. The molecule has 1 unspecified atom stereocenters. The number of aliphatic hydroxyl groups excluding tert-OH is 12. The Morgan fingerprint density at radius 1 is 0.559 bits per heavy atom. The molecule has 0 bridgehead atoms. The number of ether oxygens (including phenoxy) is 4. The molecule has 34 heavy (non-hydrogen) atoms. The third kappa shape index (κ3) is 5.09. The Morgan fingerprint density at radius 3 is 1.59 bits per heavy atom. The fourth-order valence-corrected chi connectivity index (χ4v) is 4.24. The van der Waals surface area contributed by atoms with Crippen LogP contribution in [-0.4, -0.2) is 173 Å². The van der Waals surface area contributed by atoms with E-state index in [0.29, 0.717) is 0 Å². The molecule has 0 spiro atoms. The van der Waals surface area contributed by atoms with Crippen LogP contribution in [0.3, 0.4) is 0 Å². The van der Waals surface area contributed by atoms with Crippen LogP contribution in [0.15, 0.2) is 0 Å². The summed E-state index contributed by atoms with van der Waals surface area (Å²) in [5.41, 5.74) is 0. The highest BCUT2D eigenvalue weighted by Gasteiger charge is 2.55. The number of hydrogen-bond acceptors (Lipinski definition) is 16. The van der Waals surface area contributed by atoms with Gasteiger partial charge < -0.3 is 80.2 Å². The van der Waals surface area contributed by atoms with Crippen molar-refractivity contribution in [3.8, 4) is 0 Å². The molecule has 3 saturated heterocycles. The van der Waals surface area contributed by atoms with Gasteiger partial charge in [0.25, 0.3) is 0 Å². The molecule has 3 aliphatic heterocycles. The minimum Gasteiger partial charge on any atom is -0.394 e. The van der Waals surface area contributed by atoms with Crippen molar-refractivity contribution in [2.45, 2.75) is 98.0 Å². The maximum Gasteiger partial charge on any atom is 0.187 e. The van der Waals surface area contributed by atoms with Crippen LogP contribution in [0.25, 0.3) is 0 Å². The van der Waals surface area contributed by atoms with Gasteiger partial charge in [-0.3, -0.25) is 0 Å². The fraction of sp³-hybridized carbons (Fsp3) is 1.00. The average Bonchev–Trinajstić information content (AvgIpc) is 2.82. The smallest absolute Gasteiger partial charge is 0.187 e. The van der Waals surface area contributed by atoms with Crippen LogP contribution in [0.5, 0.6) is 0 Å². The fourth-order valence-electron chi connectivity index (χ4n) is 4.24. The van der Waals surface area contributed by atoms with E-state index in [0.717, 1.165) is 0 Å². The van der Waals surface area contributed by atoms with E-state index in [-0.39, 0.29) is 0 Å². The molecule has 0 aromatic carbocycles. The Morgan fingerprint density at radius 2 is 1.03 bits per heavy atom. The Balaban J connectivity index is 1.71. The van der Waals surface area contributed by atoms with Gasteiger partial charge >= 0.3 is 0 Å². The lowest BCUT2D eigenvalue weighted by molar-refractivity contribution is -0.369. The van der Waals surface area contributed by atoms with Gasteiger partial charge in [0.1, 0.15) is 85.5 Å². The minimum atomic E-state index is -2.09. The highest BCUT2D eigenvalue weighted by Crippen LogP contribution is 2.32. The number of rotatable bonds is 6. The van der Waals surface area contributed by atoms with Crippen molar-refractivity contribution < 1.29 is 80.2 Å². The second-order valence-electron chi connectivity index (χ2n) is 8.55. The van der Waals surface area contributed by atoms with Crippen molar-refractivity contribution in [2.75, 3.05) is 13.2 Å². The predicted octanol–water partition coefficient (Wildman–Crippen LogP) is -8.19. The topological polar surface area (TPSA) is 280 Å². The maximum atomic E-state index is 10.6. The zero-order valence-electron chi connectivity index (χ0n) is 17.7. The summed E-state index contributed by atoms with van der Waals surface area (Å²) >= 11 is 0. The summed E-state index contributed by atoms with van der Waals surface area (Å²) in [7, 11) is 0. The molecular formula is C18H32O16. The Hall–Kier alpha value is -0.640. The Kier molecular flexibility index (Phi) is 9.18. The van der Waals surface area contributed by atoms with Gasteiger partial charge in [-0.25, -0.2) is 0 Å². The van der Waals surface area contributed by atoms with Gasteiger partial charge in [0, 0.05) is 0 Å². The summed E-state index contributed by atoms with van der Waals surface area (Å²) in [5, 5.41) is 120. The third-order valence-corrected chi connectivity index (χ3v) is 6.34. The third-order valence-electron chi connectivity index (χ3n) is 6.34. The van der Waals surface area contributed by atoms with Crippen LogP contribution >= 0.6 is 0 Å². The Bertz CT molecular complexity index is 649. The van der Waals surface area contributed by atoms with Crippen LogP contribution in [0.2, 0.25) is 0 Å². The number of aliphatic hydroxyl groups is 12. The maximum absolute atomic E-state index is 10.6. The molecule has 3 fully saturated rings. The first-order chi connectivity index (χ1) is 15.9. The van der Waals surface area contributed by atoms with Gasteiger partial charge in [-0.15, -0.1) is 0 Å². The van der Waals surface area contributed by atoms with E-state index < -0.39 is 111 Å². The summed E-state index contributed by atoms with van der Waals surface area (Å²) in [4.78, 5) is 0. The minimum absolute atomic E-state index is 0.771. The van der Waals surface area contributed by atoms with Crippen LogP contribution in [0.4, 0.5) is 0 Å². The van der Waals surface area contributed by atoms with Crippen LogP contribution < -0.4 is 0 Å². The van der Waals surface area contributed by atoms with E-state index in [2.05, 4.69) is 0 Å². The molecule has 3 heterocycles. The van der Waals surface area contributed by atoms with Gasteiger partial charge in [0.2, 0.25) is 0 Å². The van der Waals surface area contributed by atoms with E-state index in [1.54, 1.807) is 0 Å². The lowest BCUT2D eigenvalue weighted by atomic mass is 9.86. The van der Waals surface area contributed by atoms with Crippen LogP contribution in [-0.2, 0) is 18.9 Å². The molecule has 0 aromatic rings. The van der Waals surface area contributed by atoms with Crippen molar-refractivity contribution in [3.05, 3.63) is 0 Å². The summed E-state index contributed by atoms with van der Waals surface area (Å²) in [6, 6.07) is 0. The lowest BCUT2D eigenvalue weighted by Gasteiger charge is -2.48. The molecule has 0 radical (unpaired) electrons. The summed E-state index contributed by atoms with van der Waals surface area (Å²) in [5.74, 6) is 0. The molecule has 0 saturated carbocycles. The molecule has 0 aromatic heterocycles. The first-order valence-electron chi connectivity index (χ1n) is 10.6. The van der Waals surface area contributed by atoms with Gasteiger partial charge in [-0.1, -0.05) is 0 Å². The first kappa shape index (κ1) is 27.9. The standard InChI is InChI=1S/C18H32O16/c19-1-3-5(21)7(23)9(25)14(31-3)13(29)15-10(26)11(27)16(17(30)33-15)34-18-12(28)8(24)6(22)4(2-20)32-18/h3-30H,1-2H2/t3-,4-,5-,6-,7+,8+,9+,10+,11+,12+,13?,14+,15+,16+,17+,18-/m1/s1. The number of hydrogen-bond donors (Lipinski definition) is 12.